The lowest BCUT2D eigenvalue weighted by Crippen LogP contribution is -2.25. The van der Waals surface area contributed by atoms with Crippen LogP contribution in [0.4, 0.5) is 0 Å². The number of hydrogen-bond acceptors (Lipinski definition) is 4. The molecule has 0 atom stereocenters. The molecule has 0 unspecified atom stereocenters. The second-order valence-corrected chi connectivity index (χ2v) is 6.14. The van der Waals surface area contributed by atoms with E-state index >= 15 is 0 Å². The van der Waals surface area contributed by atoms with E-state index in [1.807, 2.05) is 0 Å². The molecular formula is C13H19NO5S. The second kappa shape index (κ2) is 7.98. The Morgan fingerprint density at radius 3 is 2.50 bits per heavy atom. The molecule has 0 aliphatic rings. The Morgan fingerprint density at radius 1 is 1.15 bits per heavy atom. The van der Waals surface area contributed by atoms with Gasteiger partial charge in [-0.05, 0) is 31.0 Å². The molecule has 0 heterocycles. The zero-order valence-electron chi connectivity index (χ0n) is 11.1. The van der Waals surface area contributed by atoms with Crippen LogP contribution < -0.4 is 4.72 Å². The zero-order chi connectivity index (χ0) is 15.0. The topological polar surface area (TPSA) is 104 Å². The van der Waals surface area contributed by atoms with E-state index in [-0.39, 0.29) is 17.1 Å². The van der Waals surface area contributed by atoms with Crippen molar-refractivity contribution in [3.8, 4) is 0 Å². The summed E-state index contributed by atoms with van der Waals surface area (Å²) in [6.07, 6.45) is 3.08. The number of rotatable bonds is 9. The molecule has 0 saturated heterocycles. The van der Waals surface area contributed by atoms with E-state index in [2.05, 4.69) is 4.72 Å². The van der Waals surface area contributed by atoms with Crippen molar-refractivity contribution in [2.75, 3.05) is 13.2 Å². The van der Waals surface area contributed by atoms with E-state index in [1.165, 1.54) is 18.2 Å². The van der Waals surface area contributed by atoms with Crippen LogP contribution in [-0.2, 0) is 10.0 Å². The number of carboxylic acids is 1. The Balaban J connectivity index is 2.56. The van der Waals surface area contributed by atoms with Gasteiger partial charge in [-0.3, -0.25) is 0 Å². The molecule has 0 radical (unpaired) electrons. The summed E-state index contributed by atoms with van der Waals surface area (Å²) in [6, 6.07) is 5.24. The van der Waals surface area contributed by atoms with Gasteiger partial charge in [0, 0.05) is 13.2 Å². The largest absolute Gasteiger partial charge is 0.478 e. The molecule has 0 fully saturated rings. The first-order chi connectivity index (χ1) is 9.47. The van der Waals surface area contributed by atoms with Crippen LogP contribution in [-0.4, -0.2) is 37.8 Å². The third kappa shape index (κ3) is 5.28. The Kier molecular flexibility index (Phi) is 6.63. The van der Waals surface area contributed by atoms with Gasteiger partial charge in [-0.25, -0.2) is 17.9 Å². The Labute approximate surface area is 118 Å². The van der Waals surface area contributed by atoms with E-state index < -0.39 is 16.0 Å². The van der Waals surface area contributed by atoms with E-state index in [1.54, 1.807) is 0 Å². The summed E-state index contributed by atoms with van der Waals surface area (Å²) < 4.78 is 26.3. The van der Waals surface area contributed by atoms with Gasteiger partial charge in [-0.1, -0.05) is 18.9 Å². The van der Waals surface area contributed by atoms with E-state index in [0.717, 1.165) is 18.9 Å². The highest BCUT2D eigenvalue weighted by atomic mass is 32.2. The number of aliphatic hydroxyl groups is 1. The van der Waals surface area contributed by atoms with Crippen molar-refractivity contribution >= 4 is 16.0 Å². The highest BCUT2D eigenvalue weighted by Gasteiger charge is 2.15. The fraction of sp³-hybridized carbons (Fsp3) is 0.462. The predicted octanol–water partition coefficient (Wildman–Crippen LogP) is 1.22. The maximum absolute atomic E-state index is 12.0. The molecule has 0 saturated carbocycles. The molecular weight excluding hydrogens is 282 g/mol. The second-order valence-electron chi connectivity index (χ2n) is 4.37. The Hall–Kier alpha value is -1.44. The highest BCUT2D eigenvalue weighted by Crippen LogP contribution is 2.11. The minimum Gasteiger partial charge on any atom is -0.478 e. The normalized spacial score (nSPS) is 11.4. The van der Waals surface area contributed by atoms with Gasteiger partial charge in [0.1, 0.15) is 0 Å². The average molecular weight is 301 g/mol. The number of aliphatic hydroxyl groups excluding tert-OH is 1. The van der Waals surface area contributed by atoms with Crippen molar-refractivity contribution in [1.82, 2.24) is 4.72 Å². The fourth-order valence-electron chi connectivity index (χ4n) is 1.68. The van der Waals surface area contributed by atoms with Gasteiger partial charge in [0.15, 0.2) is 0 Å². The van der Waals surface area contributed by atoms with Crippen molar-refractivity contribution in [3.05, 3.63) is 29.8 Å². The van der Waals surface area contributed by atoms with Crippen LogP contribution >= 0.6 is 0 Å². The van der Waals surface area contributed by atoms with Crippen LogP contribution in [0.15, 0.2) is 29.2 Å². The number of carbonyl (C=O) groups is 1. The molecule has 1 aromatic rings. The van der Waals surface area contributed by atoms with Crippen LogP contribution in [0.25, 0.3) is 0 Å². The minimum absolute atomic E-state index is 0.0484. The van der Waals surface area contributed by atoms with Crippen molar-refractivity contribution in [2.45, 2.75) is 30.6 Å². The number of benzene rings is 1. The van der Waals surface area contributed by atoms with Gasteiger partial charge in [-0.2, -0.15) is 0 Å². The van der Waals surface area contributed by atoms with Crippen LogP contribution in [0.5, 0.6) is 0 Å². The first kappa shape index (κ1) is 16.6. The summed E-state index contributed by atoms with van der Waals surface area (Å²) >= 11 is 0. The number of nitrogens with one attached hydrogen (secondary N) is 1. The number of sulfonamides is 1. The summed E-state index contributed by atoms with van der Waals surface area (Å²) in [4.78, 5) is 10.8. The quantitative estimate of drug-likeness (QED) is 0.595. The van der Waals surface area contributed by atoms with Gasteiger partial charge in [0.05, 0.1) is 10.5 Å². The molecule has 20 heavy (non-hydrogen) atoms. The third-order valence-electron chi connectivity index (χ3n) is 2.77. The molecule has 1 aromatic carbocycles. The van der Waals surface area contributed by atoms with Crippen LogP contribution in [0.2, 0.25) is 0 Å². The molecule has 3 N–H and O–H groups in total. The molecule has 0 spiro atoms. The first-order valence-electron chi connectivity index (χ1n) is 6.41. The van der Waals surface area contributed by atoms with Gasteiger partial charge < -0.3 is 10.2 Å². The van der Waals surface area contributed by atoms with Crippen LogP contribution in [0.3, 0.4) is 0 Å². The molecule has 0 aromatic heterocycles. The standard InChI is InChI=1S/C13H19NO5S/c15-9-4-2-1-3-8-14-20(18,19)12-7-5-6-11(10-12)13(16)17/h5-7,10,14-15H,1-4,8-9H2,(H,16,17). The van der Waals surface area contributed by atoms with Gasteiger partial charge in [0.2, 0.25) is 10.0 Å². The molecule has 6 nitrogen and oxygen atoms in total. The maximum Gasteiger partial charge on any atom is 0.335 e. The summed E-state index contributed by atoms with van der Waals surface area (Å²) in [6.45, 7) is 0.443. The molecule has 1 rings (SSSR count). The van der Waals surface area contributed by atoms with Gasteiger partial charge in [0.25, 0.3) is 0 Å². The lowest BCUT2D eigenvalue weighted by atomic mass is 10.2. The van der Waals surface area contributed by atoms with Crippen molar-refractivity contribution < 1.29 is 23.4 Å². The Bertz CT molecular complexity index is 541. The molecule has 0 aliphatic heterocycles. The third-order valence-corrected chi connectivity index (χ3v) is 4.23. The fourth-order valence-corrected chi connectivity index (χ4v) is 2.80. The van der Waals surface area contributed by atoms with Crippen LogP contribution in [0.1, 0.15) is 36.0 Å². The number of carboxylic acid groups (broad SMARTS) is 1. The first-order valence-corrected chi connectivity index (χ1v) is 7.89. The molecule has 0 aliphatic carbocycles. The molecule has 0 amide bonds. The lowest BCUT2D eigenvalue weighted by molar-refractivity contribution is 0.0696. The van der Waals surface area contributed by atoms with Crippen LogP contribution in [0, 0.1) is 0 Å². The van der Waals surface area contributed by atoms with E-state index in [0.29, 0.717) is 19.4 Å². The average Bonchev–Trinajstić information content (AvgIpc) is 2.43. The van der Waals surface area contributed by atoms with E-state index in [9.17, 15) is 13.2 Å². The Morgan fingerprint density at radius 2 is 1.85 bits per heavy atom. The summed E-state index contributed by atoms with van der Waals surface area (Å²) in [5, 5.41) is 17.4. The number of unbranched alkanes of at least 4 members (excludes halogenated alkanes) is 3. The van der Waals surface area contributed by atoms with E-state index in [4.69, 9.17) is 10.2 Å². The smallest absolute Gasteiger partial charge is 0.335 e. The number of hydrogen-bond donors (Lipinski definition) is 3. The predicted molar refractivity (Wildman–Crippen MR) is 74.1 cm³/mol. The summed E-state index contributed by atoms with van der Waals surface area (Å²) in [5.41, 5.74) is -0.0594. The molecule has 0 bridgehead atoms. The summed E-state index contributed by atoms with van der Waals surface area (Å²) in [5.74, 6) is -1.16. The molecule has 7 heteroatoms. The monoisotopic (exact) mass is 301 g/mol. The van der Waals surface area contributed by atoms with Gasteiger partial charge >= 0.3 is 5.97 Å². The highest BCUT2D eigenvalue weighted by molar-refractivity contribution is 7.89. The summed E-state index contributed by atoms with van der Waals surface area (Å²) in [7, 11) is -3.67. The SMILES string of the molecule is O=C(O)c1cccc(S(=O)(=O)NCCCCCCO)c1. The van der Waals surface area contributed by atoms with Crippen molar-refractivity contribution in [3.63, 3.8) is 0 Å². The zero-order valence-corrected chi connectivity index (χ0v) is 11.9. The lowest BCUT2D eigenvalue weighted by Gasteiger charge is -2.07. The maximum atomic E-state index is 12.0. The molecule has 112 valence electrons. The van der Waals surface area contributed by atoms with Crippen molar-refractivity contribution in [1.29, 1.82) is 0 Å². The minimum atomic E-state index is -3.67. The van der Waals surface area contributed by atoms with Crippen molar-refractivity contribution in [2.24, 2.45) is 0 Å². The van der Waals surface area contributed by atoms with Gasteiger partial charge in [-0.15, -0.1) is 0 Å². The number of aromatic carboxylic acids is 1.